The van der Waals surface area contributed by atoms with Gasteiger partial charge >= 0.3 is 0 Å². The molecule has 2 N–H and O–H groups in total. The molecule has 0 bridgehead atoms. The molecule has 1 aromatic carbocycles. The molecule has 0 amide bonds. The Hall–Kier alpha value is -1.65. The Balaban J connectivity index is 2.65. The molecule has 0 spiro atoms. The van der Waals surface area contributed by atoms with Gasteiger partial charge in [0.05, 0.1) is 0 Å². The standard InChI is InChI=1S/C13H16F2N2O/c1-8-4-5-10(14)9(6-8)13(3)12(2,15)7-18-11(16)17-13/h4-6H,7H2,1-3H3,(H2,16,17)/t12-,13+/m0/s1. The minimum Gasteiger partial charge on any atom is -0.462 e. The summed E-state index contributed by atoms with van der Waals surface area (Å²) in [6.45, 7) is 4.44. The van der Waals surface area contributed by atoms with E-state index >= 15 is 0 Å². The summed E-state index contributed by atoms with van der Waals surface area (Å²) in [6.07, 6.45) is 0. The maximum Gasteiger partial charge on any atom is 0.283 e. The number of halogens is 2. The van der Waals surface area contributed by atoms with Crippen molar-refractivity contribution in [3.05, 3.63) is 35.1 Å². The van der Waals surface area contributed by atoms with Gasteiger partial charge in [-0.1, -0.05) is 17.7 Å². The number of benzene rings is 1. The van der Waals surface area contributed by atoms with E-state index in [0.717, 1.165) is 5.56 Å². The van der Waals surface area contributed by atoms with Gasteiger partial charge in [-0.2, -0.15) is 0 Å². The molecule has 1 heterocycles. The Kier molecular flexibility index (Phi) is 2.80. The van der Waals surface area contributed by atoms with Crippen LogP contribution in [0.15, 0.2) is 23.2 Å². The van der Waals surface area contributed by atoms with Crippen LogP contribution < -0.4 is 5.73 Å². The summed E-state index contributed by atoms with van der Waals surface area (Å²) in [5.41, 5.74) is 3.31. The molecule has 5 heteroatoms. The average molecular weight is 254 g/mol. The van der Waals surface area contributed by atoms with Crippen LogP contribution in [0.1, 0.15) is 25.0 Å². The lowest BCUT2D eigenvalue weighted by Gasteiger charge is -2.40. The number of hydrogen-bond acceptors (Lipinski definition) is 3. The molecule has 1 aliphatic rings. The maximum atomic E-state index is 14.6. The van der Waals surface area contributed by atoms with Gasteiger partial charge in [0.1, 0.15) is 18.0 Å². The Bertz CT molecular complexity index is 514. The second-order valence-corrected chi connectivity index (χ2v) is 4.99. The van der Waals surface area contributed by atoms with Crippen molar-refractivity contribution in [3.63, 3.8) is 0 Å². The molecule has 2 atom stereocenters. The number of alkyl halides is 1. The zero-order chi connectivity index (χ0) is 13.6. The average Bonchev–Trinajstić information content (AvgIpc) is 2.28. The van der Waals surface area contributed by atoms with E-state index in [0.29, 0.717) is 0 Å². The normalized spacial score (nSPS) is 31.7. The molecule has 0 radical (unpaired) electrons. The lowest BCUT2D eigenvalue weighted by atomic mass is 9.78. The number of rotatable bonds is 1. The van der Waals surface area contributed by atoms with Crippen molar-refractivity contribution < 1.29 is 13.5 Å². The van der Waals surface area contributed by atoms with Crippen molar-refractivity contribution in [1.82, 2.24) is 0 Å². The Morgan fingerprint density at radius 2 is 2.06 bits per heavy atom. The van der Waals surface area contributed by atoms with Gasteiger partial charge in [0.25, 0.3) is 6.02 Å². The van der Waals surface area contributed by atoms with E-state index in [-0.39, 0.29) is 18.2 Å². The lowest BCUT2D eigenvalue weighted by molar-refractivity contribution is 0.00399. The number of nitrogens with zero attached hydrogens (tertiary/aromatic N) is 1. The zero-order valence-corrected chi connectivity index (χ0v) is 10.6. The monoisotopic (exact) mass is 254 g/mol. The van der Waals surface area contributed by atoms with Crippen LogP contribution in [0.4, 0.5) is 8.78 Å². The van der Waals surface area contributed by atoms with Crippen LogP contribution in [0.2, 0.25) is 0 Å². The number of aliphatic imine (C=N–C) groups is 1. The molecule has 1 aromatic rings. The third-order valence-electron chi connectivity index (χ3n) is 3.49. The summed E-state index contributed by atoms with van der Waals surface area (Å²) < 4.78 is 33.5. The summed E-state index contributed by atoms with van der Waals surface area (Å²) in [7, 11) is 0. The molecule has 98 valence electrons. The number of aryl methyl sites for hydroxylation is 1. The molecule has 0 saturated heterocycles. The van der Waals surface area contributed by atoms with Gasteiger partial charge in [0.15, 0.2) is 5.67 Å². The quantitative estimate of drug-likeness (QED) is 0.836. The first kappa shape index (κ1) is 12.8. The topological polar surface area (TPSA) is 47.6 Å². The fraction of sp³-hybridized carbons (Fsp3) is 0.462. The maximum absolute atomic E-state index is 14.6. The first-order valence-electron chi connectivity index (χ1n) is 5.70. The van der Waals surface area contributed by atoms with E-state index in [9.17, 15) is 8.78 Å². The van der Waals surface area contributed by atoms with Gasteiger partial charge in [-0.05, 0) is 26.8 Å². The van der Waals surface area contributed by atoms with Crippen LogP contribution in [0.25, 0.3) is 0 Å². The Morgan fingerprint density at radius 3 is 2.72 bits per heavy atom. The predicted octanol–water partition coefficient (Wildman–Crippen LogP) is 2.42. The molecule has 1 aliphatic heterocycles. The lowest BCUT2D eigenvalue weighted by Crippen LogP contribution is -2.52. The minimum atomic E-state index is -1.83. The van der Waals surface area contributed by atoms with Crippen molar-refractivity contribution >= 4 is 6.02 Å². The highest BCUT2D eigenvalue weighted by Crippen LogP contribution is 2.43. The third-order valence-corrected chi connectivity index (χ3v) is 3.49. The van der Waals surface area contributed by atoms with Crippen LogP contribution in [0.5, 0.6) is 0 Å². The second kappa shape index (κ2) is 3.93. The summed E-state index contributed by atoms with van der Waals surface area (Å²) >= 11 is 0. The molecule has 0 saturated carbocycles. The van der Waals surface area contributed by atoms with E-state index in [2.05, 4.69) is 4.99 Å². The van der Waals surface area contributed by atoms with E-state index in [1.807, 2.05) is 6.92 Å². The number of hydrogen-bond donors (Lipinski definition) is 1. The summed E-state index contributed by atoms with van der Waals surface area (Å²) in [6, 6.07) is 4.42. The van der Waals surface area contributed by atoms with E-state index in [4.69, 9.17) is 10.5 Å². The molecule has 2 rings (SSSR count). The predicted molar refractivity (Wildman–Crippen MR) is 65.6 cm³/mol. The molecule has 18 heavy (non-hydrogen) atoms. The molecule has 0 aliphatic carbocycles. The molecule has 3 nitrogen and oxygen atoms in total. The molecular formula is C13H16F2N2O. The number of ether oxygens (including phenoxy) is 1. The Labute approximate surface area is 105 Å². The third kappa shape index (κ3) is 1.83. The largest absolute Gasteiger partial charge is 0.462 e. The smallest absolute Gasteiger partial charge is 0.283 e. The van der Waals surface area contributed by atoms with E-state index < -0.39 is 17.0 Å². The van der Waals surface area contributed by atoms with Crippen molar-refractivity contribution in [2.24, 2.45) is 10.7 Å². The van der Waals surface area contributed by atoms with E-state index in [1.54, 1.807) is 12.1 Å². The van der Waals surface area contributed by atoms with Crippen LogP contribution in [0.3, 0.4) is 0 Å². The fourth-order valence-corrected chi connectivity index (χ4v) is 2.07. The first-order valence-corrected chi connectivity index (χ1v) is 5.70. The number of amidine groups is 1. The van der Waals surface area contributed by atoms with Crippen molar-refractivity contribution in [2.45, 2.75) is 32.0 Å². The Morgan fingerprint density at radius 1 is 1.39 bits per heavy atom. The van der Waals surface area contributed by atoms with Crippen molar-refractivity contribution in [1.29, 1.82) is 0 Å². The molecular weight excluding hydrogens is 238 g/mol. The summed E-state index contributed by atoms with van der Waals surface area (Å²) in [5, 5.41) is 0. The van der Waals surface area contributed by atoms with Gasteiger partial charge in [0.2, 0.25) is 0 Å². The highest BCUT2D eigenvalue weighted by atomic mass is 19.1. The van der Waals surface area contributed by atoms with Gasteiger partial charge in [-0.15, -0.1) is 0 Å². The van der Waals surface area contributed by atoms with Gasteiger partial charge < -0.3 is 10.5 Å². The number of nitrogens with two attached hydrogens (primary N) is 1. The van der Waals surface area contributed by atoms with Gasteiger partial charge in [0, 0.05) is 5.56 Å². The van der Waals surface area contributed by atoms with Crippen LogP contribution in [-0.2, 0) is 10.3 Å². The summed E-state index contributed by atoms with van der Waals surface area (Å²) in [5.74, 6) is -0.495. The van der Waals surface area contributed by atoms with Crippen LogP contribution in [0, 0.1) is 12.7 Å². The second-order valence-electron chi connectivity index (χ2n) is 4.99. The first-order chi connectivity index (χ1) is 8.26. The molecule has 0 fully saturated rings. The minimum absolute atomic E-state index is 0.117. The van der Waals surface area contributed by atoms with Crippen LogP contribution in [-0.4, -0.2) is 18.3 Å². The van der Waals surface area contributed by atoms with Crippen molar-refractivity contribution in [2.75, 3.05) is 6.61 Å². The SMILES string of the molecule is Cc1ccc(F)c([C@@]2(C)N=C(N)OC[C@]2(C)F)c1. The fourth-order valence-electron chi connectivity index (χ4n) is 2.07. The van der Waals surface area contributed by atoms with Crippen LogP contribution >= 0.6 is 0 Å². The van der Waals surface area contributed by atoms with Crippen molar-refractivity contribution in [3.8, 4) is 0 Å². The van der Waals surface area contributed by atoms with Gasteiger partial charge in [-0.25, -0.2) is 13.8 Å². The van der Waals surface area contributed by atoms with Gasteiger partial charge in [-0.3, -0.25) is 0 Å². The van der Waals surface area contributed by atoms with E-state index in [1.165, 1.54) is 19.9 Å². The highest BCUT2D eigenvalue weighted by molar-refractivity contribution is 5.73. The molecule has 0 unspecified atom stereocenters. The highest BCUT2D eigenvalue weighted by Gasteiger charge is 2.51. The summed E-state index contributed by atoms with van der Waals surface area (Å²) in [4.78, 5) is 4.00. The molecule has 0 aromatic heterocycles. The zero-order valence-electron chi connectivity index (χ0n) is 10.6.